The van der Waals surface area contributed by atoms with Crippen LogP contribution < -0.4 is 0 Å². The summed E-state index contributed by atoms with van der Waals surface area (Å²) in [6.07, 6.45) is 0.393. The van der Waals surface area contributed by atoms with Gasteiger partial charge in [0.25, 0.3) is 0 Å². The Morgan fingerprint density at radius 3 is 2.27 bits per heavy atom. The van der Waals surface area contributed by atoms with Gasteiger partial charge in [0.2, 0.25) is 0 Å². The first-order valence-corrected chi connectivity index (χ1v) is 5.22. The van der Waals surface area contributed by atoms with Crippen molar-refractivity contribution in [1.82, 2.24) is 0 Å². The molecule has 15 heavy (non-hydrogen) atoms. The van der Waals surface area contributed by atoms with Crippen molar-refractivity contribution in [1.29, 1.82) is 0 Å². The Labute approximate surface area is 90.0 Å². The normalized spacial score (nSPS) is 14.9. The summed E-state index contributed by atoms with van der Waals surface area (Å²) < 4.78 is 0. The highest BCUT2D eigenvalue weighted by Crippen LogP contribution is 2.24. The van der Waals surface area contributed by atoms with Crippen LogP contribution in [0.4, 0.5) is 0 Å². The maximum absolute atomic E-state index is 9.38. The van der Waals surface area contributed by atoms with Crippen molar-refractivity contribution < 1.29 is 15.3 Å². The van der Waals surface area contributed by atoms with Crippen molar-refractivity contribution in [3.63, 3.8) is 0 Å². The van der Waals surface area contributed by atoms with E-state index in [1.165, 1.54) is 0 Å². The predicted octanol–water partition coefficient (Wildman–Crippen LogP) is 0.896. The number of hydrogen-bond donors (Lipinski definition) is 3. The number of hydrogen-bond acceptors (Lipinski definition) is 3. The van der Waals surface area contributed by atoms with E-state index in [1.54, 1.807) is 0 Å². The molecule has 0 spiro atoms. The zero-order chi connectivity index (χ0) is 11.1. The molecule has 0 bridgehead atoms. The molecule has 1 aromatic rings. The summed E-state index contributed by atoms with van der Waals surface area (Å²) in [6.45, 7) is -0.132. The van der Waals surface area contributed by atoms with E-state index in [9.17, 15) is 5.11 Å². The molecular weight excluding hydrogens is 192 g/mol. The van der Waals surface area contributed by atoms with Crippen LogP contribution in [0.3, 0.4) is 0 Å². The van der Waals surface area contributed by atoms with Crippen LogP contribution in [0, 0.1) is 0 Å². The lowest BCUT2D eigenvalue weighted by Crippen LogP contribution is -2.17. The molecule has 0 saturated carbocycles. The minimum Gasteiger partial charge on any atom is -0.396 e. The lowest BCUT2D eigenvalue weighted by atomic mass is 9.91. The molecule has 3 nitrogen and oxygen atoms in total. The molecule has 0 fully saturated rings. The molecule has 0 saturated heterocycles. The Morgan fingerprint density at radius 2 is 1.73 bits per heavy atom. The Balaban J connectivity index is 2.65. The molecule has 0 heterocycles. The zero-order valence-electron chi connectivity index (χ0n) is 8.71. The first-order chi connectivity index (χ1) is 7.27. The van der Waals surface area contributed by atoms with Crippen molar-refractivity contribution in [3.05, 3.63) is 35.9 Å². The SMILES string of the molecule is OCCC(CC(O)CO)c1ccccc1. The third kappa shape index (κ3) is 4.00. The van der Waals surface area contributed by atoms with Crippen molar-refractivity contribution in [3.8, 4) is 0 Å². The maximum Gasteiger partial charge on any atom is 0.0776 e. The van der Waals surface area contributed by atoms with E-state index in [0.29, 0.717) is 12.8 Å². The van der Waals surface area contributed by atoms with E-state index in [0.717, 1.165) is 5.56 Å². The van der Waals surface area contributed by atoms with Gasteiger partial charge in [-0.2, -0.15) is 0 Å². The molecule has 0 aromatic heterocycles. The van der Waals surface area contributed by atoms with E-state index >= 15 is 0 Å². The lowest BCUT2D eigenvalue weighted by molar-refractivity contribution is 0.0794. The summed E-state index contributed by atoms with van der Waals surface area (Å²) in [7, 11) is 0. The predicted molar refractivity (Wildman–Crippen MR) is 58.6 cm³/mol. The second kappa shape index (κ2) is 6.56. The standard InChI is InChI=1S/C12H18O3/c13-7-6-11(8-12(15)9-14)10-4-2-1-3-5-10/h1-5,11-15H,6-9H2. The molecule has 0 aliphatic heterocycles. The molecule has 2 unspecified atom stereocenters. The van der Waals surface area contributed by atoms with Crippen molar-refractivity contribution in [2.75, 3.05) is 13.2 Å². The van der Waals surface area contributed by atoms with Crippen LogP contribution in [0.5, 0.6) is 0 Å². The van der Waals surface area contributed by atoms with E-state index in [1.807, 2.05) is 30.3 Å². The number of aliphatic hydroxyl groups is 3. The van der Waals surface area contributed by atoms with Gasteiger partial charge in [0.05, 0.1) is 12.7 Å². The third-order valence-electron chi connectivity index (χ3n) is 2.52. The van der Waals surface area contributed by atoms with Gasteiger partial charge < -0.3 is 15.3 Å². The first-order valence-electron chi connectivity index (χ1n) is 5.22. The van der Waals surface area contributed by atoms with Gasteiger partial charge in [-0.15, -0.1) is 0 Å². The third-order valence-corrected chi connectivity index (χ3v) is 2.52. The summed E-state index contributed by atoms with van der Waals surface area (Å²) >= 11 is 0. The monoisotopic (exact) mass is 210 g/mol. The number of rotatable bonds is 6. The summed E-state index contributed by atoms with van der Waals surface area (Å²) in [4.78, 5) is 0. The number of aliphatic hydroxyl groups excluding tert-OH is 3. The van der Waals surface area contributed by atoms with Gasteiger partial charge in [-0.3, -0.25) is 0 Å². The quantitative estimate of drug-likeness (QED) is 0.653. The topological polar surface area (TPSA) is 60.7 Å². The zero-order valence-corrected chi connectivity index (χ0v) is 8.71. The molecule has 0 amide bonds. The average Bonchev–Trinajstić information content (AvgIpc) is 2.29. The fourth-order valence-corrected chi connectivity index (χ4v) is 1.70. The summed E-state index contributed by atoms with van der Waals surface area (Å²) in [5, 5.41) is 27.1. The van der Waals surface area contributed by atoms with Crippen LogP contribution in [0.2, 0.25) is 0 Å². The molecule has 3 heteroatoms. The maximum atomic E-state index is 9.38. The number of benzene rings is 1. The summed E-state index contributed by atoms with van der Waals surface area (Å²) in [6, 6.07) is 9.76. The highest BCUT2D eigenvalue weighted by atomic mass is 16.3. The molecule has 1 aromatic carbocycles. The largest absolute Gasteiger partial charge is 0.396 e. The van der Waals surface area contributed by atoms with Gasteiger partial charge in [0, 0.05) is 6.61 Å². The smallest absolute Gasteiger partial charge is 0.0776 e. The van der Waals surface area contributed by atoms with Crippen LogP contribution in [0.15, 0.2) is 30.3 Å². The Hall–Kier alpha value is -0.900. The van der Waals surface area contributed by atoms with Gasteiger partial charge in [0.15, 0.2) is 0 Å². The van der Waals surface area contributed by atoms with Crippen molar-refractivity contribution >= 4 is 0 Å². The van der Waals surface area contributed by atoms with Crippen LogP contribution in [-0.2, 0) is 0 Å². The van der Waals surface area contributed by atoms with Gasteiger partial charge in [-0.05, 0) is 24.3 Å². The van der Waals surface area contributed by atoms with E-state index in [4.69, 9.17) is 10.2 Å². The fourth-order valence-electron chi connectivity index (χ4n) is 1.70. The Kier molecular flexibility index (Phi) is 5.32. The highest BCUT2D eigenvalue weighted by Gasteiger charge is 2.15. The highest BCUT2D eigenvalue weighted by molar-refractivity contribution is 5.19. The van der Waals surface area contributed by atoms with Gasteiger partial charge in [-0.25, -0.2) is 0 Å². The molecule has 0 radical (unpaired) electrons. The van der Waals surface area contributed by atoms with Crippen LogP contribution in [-0.4, -0.2) is 34.6 Å². The van der Waals surface area contributed by atoms with Crippen molar-refractivity contribution in [2.24, 2.45) is 0 Å². The Bertz CT molecular complexity index is 261. The second-order valence-electron chi connectivity index (χ2n) is 3.69. The average molecular weight is 210 g/mol. The van der Waals surface area contributed by atoms with Crippen LogP contribution in [0.25, 0.3) is 0 Å². The molecule has 1 rings (SSSR count). The molecule has 3 N–H and O–H groups in total. The lowest BCUT2D eigenvalue weighted by Gasteiger charge is -2.18. The summed E-state index contributed by atoms with van der Waals surface area (Å²) in [5.74, 6) is 0.110. The van der Waals surface area contributed by atoms with Crippen LogP contribution in [0.1, 0.15) is 24.3 Å². The van der Waals surface area contributed by atoms with E-state index in [-0.39, 0.29) is 19.1 Å². The molecule has 2 atom stereocenters. The minimum absolute atomic E-state index is 0.0949. The first kappa shape index (κ1) is 12.2. The minimum atomic E-state index is -0.707. The van der Waals surface area contributed by atoms with Gasteiger partial charge in [0.1, 0.15) is 0 Å². The molecule has 84 valence electrons. The van der Waals surface area contributed by atoms with Gasteiger partial charge >= 0.3 is 0 Å². The van der Waals surface area contributed by atoms with E-state index < -0.39 is 6.10 Å². The molecule has 0 aliphatic carbocycles. The molecular formula is C12H18O3. The summed E-state index contributed by atoms with van der Waals surface area (Å²) in [5.41, 5.74) is 1.10. The van der Waals surface area contributed by atoms with Crippen LogP contribution >= 0.6 is 0 Å². The molecule has 0 aliphatic rings. The fraction of sp³-hybridized carbons (Fsp3) is 0.500. The van der Waals surface area contributed by atoms with E-state index in [2.05, 4.69) is 0 Å². The van der Waals surface area contributed by atoms with Gasteiger partial charge in [-0.1, -0.05) is 30.3 Å². The second-order valence-corrected chi connectivity index (χ2v) is 3.69. The van der Waals surface area contributed by atoms with Crippen molar-refractivity contribution in [2.45, 2.75) is 24.9 Å². The Morgan fingerprint density at radius 1 is 1.07 bits per heavy atom.